The minimum atomic E-state index is -0.203. The van der Waals surface area contributed by atoms with Gasteiger partial charge in [-0.15, -0.1) is 11.6 Å². The zero-order chi connectivity index (χ0) is 19.6. The fourth-order valence-electron chi connectivity index (χ4n) is 3.02. The second-order valence-corrected chi connectivity index (χ2v) is 7.11. The van der Waals surface area contributed by atoms with Crippen LogP contribution in [0.1, 0.15) is 22.1 Å². The lowest BCUT2D eigenvalue weighted by atomic mass is 9.96. The molecular formula is C25H26ClNO. The summed E-state index contributed by atoms with van der Waals surface area (Å²) in [7, 11) is 1.91. The molecule has 28 heavy (non-hydrogen) atoms. The van der Waals surface area contributed by atoms with E-state index in [2.05, 4.69) is 59.9 Å². The highest BCUT2D eigenvalue weighted by molar-refractivity contribution is 6.22. The minimum Gasteiger partial charge on any atom is -0.492 e. The van der Waals surface area contributed by atoms with E-state index in [4.69, 9.17) is 16.3 Å². The second-order valence-electron chi connectivity index (χ2n) is 6.64. The third kappa shape index (κ3) is 5.98. The second kappa shape index (κ2) is 10.7. The maximum Gasteiger partial charge on any atom is 0.119 e. The van der Waals surface area contributed by atoms with Crippen molar-refractivity contribution in [2.24, 2.45) is 0 Å². The van der Waals surface area contributed by atoms with Gasteiger partial charge in [-0.25, -0.2) is 0 Å². The monoisotopic (exact) mass is 391 g/mol. The molecule has 1 unspecified atom stereocenters. The topological polar surface area (TPSA) is 21.3 Å². The molecule has 0 radical (unpaired) electrons. The largest absolute Gasteiger partial charge is 0.492 e. The molecule has 0 heterocycles. The first-order chi connectivity index (χ1) is 13.8. The van der Waals surface area contributed by atoms with E-state index in [0.29, 0.717) is 6.61 Å². The number of hydrogen-bond donors (Lipinski definition) is 1. The van der Waals surface area contributed by atoms with E-state index >= 15 is 0 Å². The van der Waals surface area contributed by atoms with Crippen LogP contribution in [0.2, 0.25) is 0 Å². The Bertz CT molecular complexity index is 860. The highest BCUT2D eigenvalue weighted by Crippen LogP contribution is 2.29. The smallest absolute Gasteiger partial charge is 0.119 e. The summed E-state index contributed by atoms with van der Waals surface area (Å²) in [5.41, 5.74) is 4.75. The van der Waals surface area contributed by atoms with Crippen LogP contribution in [0.5, 0.6) is 5.75 Å². The summed E-state index contributed by atoms with van der Waals surface area (Å²) in [5.74, 6) is 0.861. The molecule has 0 aliphatic rings. The Morgan fingerprint density at radius 1 is 0.929 bits per heavy atom. The van der Waals surface area contributed by atoms with Crippen molar-refractivity contribution in [1.82, 2.24) is 5.32 Å². The summed E-state index contributed by atoms with van der Waals surface area (Å²) < 4.78 is 5.69. The summed E-state index contributed by atoms with van der Waals surface area (Å²) in [6, 6.07) is 29.0. The molecular weight excluding hydrogens is 366 g/mol. The molecule has 3 heteroatoms. The Morgan fingerprint density at radius 2 is 1.57 bits per heavy atom. The lowest BCUT2D eigenvalue weighted by Gasteiger charge is -2.13. The van der Waals surface area contributed by atoms with Crippen LogP contribution in [-0.2, 0) is 6.42 Å². The molecule has 0 amide bonds. The minimum absolute atomic E-state index is 0.203. The average Bonchev–Trinajstić information content (AvgIpc) is 2.75. The van der Waals surface area contributed by atoms with Crippen molar-refractivity contribution < 1.29 is 4.74 Å². The molecule has 0 saturated carbocycles. The molecule has 0 saturated heterocycles. The van der Waals surface area contributed by atoms with Crippen molar-refractivity contribution in [3.05, 3.63) is 108 Å². The van der Waals surface area contributed by atoms with Gasteiger partial charge >= 0.3 is 0 Å². The molecule has 1 N–H and O–H groups in total. The van der Waals surface area contributed by atoms with E-state index in [9.17, 15) is 0 Å². The van der Waals surface area contributed by atoms with Crippen LogP contribution in [0, 0.1) is 0 Å². The number of allylic oxidation sites excluding steroid dienone is 2. The quantitative estimate of drug-likeness (QED) is 0.362. The molecule has 3 aromatic carbocycles. The summed E-state index contributed by atoms with van der Waals surface area (Å²) in [5, 5.41) is 2.87. The van der Waals surface area contributed by atoms with Gasteiger partial charge in [0.15, 0.2) is 0 Å². The molecule has 3 aromatic rings. The van der Waals surface area contributed by atoms with Gasteiger partial charge in [-0.05, 0) is 47.9 Å². The van der Waals surface area contributed by atoms with Gasteiger partial charge in [0.05, 0.1) is 5.38 Å². The number of likely N-dealkylation sites (N-methyl/N-ethyl adjacent to an activating group) is 1. The maximum atomic E-state index is 6.77. The third-order valence-corrected chi connectivity index (χ3v) is 4.93. The maximum absolute atomic E-state index is 6.77. The van der Waals surface area contributed by atoms with Crippen LogP contribution in [0.15, 0.2) is 91.0 Å². The number of hydrogen-bond acceptors (Lipinski definition) is 2. The normalized spacial score (nSPS) is 12.6. The molecule has 1 atom stereocenters. The summed E-state index contributed by atoms with van der Waals surface area (Å²) in [6.45, 7) is 1.47. The Morgan fingerprint density at radius 3 is 2.21 bits per heavy atom. The van der Waals surface area contributed by atoms with Crippen LogP contribution in [0.3, 0.4) is 0 Å². The fourth-order valence-corrected chi connectivity index (χ4v) is 3.31. The molecule has 0 aliphatic heterocycles. The van der Waals surface area contributed by atoms with Crippen molar-refractivity contribution in [3.63, 3.8) is 0 Å². The van der Waals surface area contributed by atoms with Gasteiger partial charge in [0.1, 0.15) is 12.4 Å². The SMILES string of the molecule is CNCCOc1ccc(C(Cl)C=C(Cc2ccccc2)c2ccccc2)cc1. The van der Waals surface area contributed by atoms with Gasteiger partial charge in [-0.3, -0.25) is 0 Å². The molecule has 0 fully saturated rings. The highest BCUT2D eigenvalue weighted by atomic mass is 35.5. The first-order valence-corrected chi connectivity index (χ1v) is 10.0. The zero-order valence-electron chi connectivity index (χ0n) is 16.1. The molecule has 2 nitrogen and oxygen atoms in total. The molecule has 0 bridgehead atoms. The van der Waals surface area contributed by atoms with Crippen LogP contribution in [0.25, 0.3) is 5.57 Å². The Labute approximate surface area is 172 Å². The predicted octanol–water partition coefficient (Wildman–Crippen LogP) is 5.89. The van der Waals surface area contributed by atoms with E-state index in [1.165, 1.54) is 16.7 Å². The van der Waals surface area contributed by atoms with Crippen LogP contribution in [0.4, 0.5) is 0 Å². The Hall–Kier alpha value is -2.55. The predicted molar refractivity (Wildman–Crippen MR) is 119 cm³/mol. The number of halogens is 1. The lowest BCUT2D eigenvalue weighted by molar-refractivity contribution is 0.318. The van der Waals surface area contributed by atoms with Crippen molar-refractivity contribution >= 4 is 17.2 Å². The van der Waals surface area contributed by atoms with Gasteiger partial charge in [0.25, 0.3) is 0 Å². The average molecular weight is 392 g/mol. The first-order valence-electron chi connectivity index (χ1n) is 9.58. The number of benzene rings is 3. The van der Waals surface area contributed by atoms with Crippen LogP contribution >= 0.6 is 11.6 Å². The van der Waals surface area contributed by atoms with Gasteiger partial charge < -0.3 is 10.1 Å². The number of nitrogens with one attached hydrogen (secondary N) is 1. The van der Waals surface area contributed by atoms with Gasteiger partial charge in [0, 0.05) is 6.54 Å². The summed E-state index contributed by atoms with van der Waals surface area (Å²) >= 11 is 6.77. The lowest BCUT2D eigenvalue weighted by Crippen LogP contribution is -2.15. The molecule has 0 aliphatic carbocycles. The van der Waals surface area contributed by atoms with Gasteiger partial charge in [-0.1, -0.05) is 78.9 Å². The molecule has 0 aromatic heterocycles. The van der Waals surface area contributed by atoms with E-state index in [1.807, 2.05) is 43.4 Å². The fraction of sp³-hybridized carbons (Fsp3) is 0.200. The highest BCUT2D eigenvalue weighted by Gasteiger charge is 2.10. The van der Waals surface area contributed by atoms with Crippen molar-refractivity contribution in [3.8, 4) is 5.75 Å². The first kappa shape index (κ1) is 20.2. The van der Waals surface area contributed by atoms with Crippen LogP contribution < -0.4 is 10.1 Å². The van der Waals surface area contributed by atoms with E-state index in [0.717, 1.165) is 24.3 Å². The number of alkyl halides is 1. The molecule has 0 spiro atoms. The summed E-state index contributed by atoms with van der Waals surface area (Å²) in [4.78, 5) is 0. The zero-order valence-corrected chi connectivity index (χ0v) is 16.9. The van der Waals surface area contributed by atoms with Gasteiger partial charge in [-0.2, -0.15) is 0 Å². The van der Waals surface area contributed by atoms with Crippen LogP contribution in [-0.4, -0.2) is 20.2 Å². The third-order valence-electron chi connectivity index (χ3n) is 4.55. The van der Waals surface area contributed by atoms with E-state index < -0.39 is 0 Å². The number of ether oxygens (including phenoxy) is 1. The van der Waals surface area contributed by atoms with E-state index in [1.54, 1.807) is 0 Å². The summed E-state index contributed by atoms with van der Waals surface area (Å²) in [6.07, 6.45) is 3.00. The Kier molecular flexibility index (Phi) is 7.71. The van der Waals surface area contributed by atoms with Crippen molar-refractivity contribution in [2.75, 3.05) is 20.2 Å². The Balaban J connectivity index is 1.79. The van der Waals surface area contributed by atoms with Crippen molar-refractivity contribution in [1.29, 1.82) is 0 Å². The molecule has 144 valence electrons. The standard InChI is InChI=1S/C25H26ClNO/c1-27-16-17-28-24-14-12-22(13-15-24)25(26)19-23(21-10-6-3-7-11-21)18-20-8-4-2-5-9-20/h2-15,19,25,27H,16-18H2,1H3. The van der Waals surface area contributed by atoms with Crippen molar-refractivity contribution in [2.45, 2.75) is 11.8 Å². The number of rotatable bonds is 9. The molecule has 3 rings (SSSR count). The van der Waals surface area contributed by atoms with E-state index in [-0.39, 0.29) is 5.38 Å². The van der Waals surface area contributed by atoms with Gasteiger partial charge in [0.2, 0.25) is 0 Å².